The van der Waals surface area contributed by atoms with Crippen molar-refractivity contribution in [2.24, 2.45) is 0 Å². The van der Waals surface area contributed by atoms with Gasteiger partial charge in [0.05, 0.1) is 10.9 Å². The summed E-state index contributed by atoms with van der Waals surface area (Å²) in [4.78, 5) is 17.2. The quantitative estimate of drug-likeness (QED) is 0.739. The van der Waals surface area contributed by atoms with Gasteiger partial charge in [0.15, 0.2) is 0 Å². The number of carbonyl (C=O) groups is 1. The van der Waals surface area contributed by atoms with Gasteiger partial charge < -0.3 is 9.84 Å². The van der Waals surface area contributed by atoms with Gasteiger partial charge in [-0.15, -0.1) is 11.3 Å². The summed E-state index contributed by atoms with van der Waals surface area (Å²) in [6, 6.07) is 9.71. The molecule has 2 aromatic heterocycles. The van der Waals surface area contributed by atoms with E-state index in [0.717, 1.165) is 10.4 Å². The van der Waals surface area contributed by atoms with Crippen LogP contribution in [0.15, 0.2) is 46.3 Å². The van der Waals surface area contributed by atoms with Crippen LogP contribution in [0.5, 0.6) is 0 Å². The lowest BCUT2D eigenvalue weighted by atomic mass is 10.1. The van der Waals surface area contributed by atoms with Crippen LogP contribution in [0.1, 0.15) is 30.8 Å². The van der Waals surface area contributed by atoms with Crippen LogP contribution in [0.25, 0.3) is 10.7 Å². The monoisotopic (exact) mass is 345 g/mol. The Morgan fingerprint density at radius 2 is 2.12 bits per heavy atom. The van der Waals surface area contributed by atoms with Crippen molar-refractivity contribution < 1.29 is 13.7 Å². The molecule has 3 aromatic rings. The SMILES string of the molecule is C[C@@H](NC(=O)CCc1nc(-c2cccs2)no1)c1ccc(F)cc1. The van der Waals surface area contributed by atoms with Gasteiger partial charge in [-0.1, -0.05) is 23.4 Å². The highest BCUT2D eigenvalue weighted by Crippen LogP contribution is 2.21. The van der Waals surface area contributed by atoms with Gasteiger partial charge in [-0.05, 0) is 36.1 Å². The number of amides is 1. The number of hydrogen-bond donors (Lipinski definition) is 1. The highest BCUT2D eigenvalue weighted by Gasteiger charge is 2.13. The van der Waals surface area contributed by atoms with Crippen molar-refractivity contribution in [3.63, 3.8) is 0 Å². The summed E-state index contributed by atoms with van der Waals surface area (Å²) in [5.41, 5.74) is 0.850. The molecule has 0 spiro atoms. The Labute approximate surface area is 142 Å². The zero-order valence-electron chi connectivity index (χ0n) is 13.0. The van der Waals surface area contributed by atoms with Crippen LogP contribution in [0.4, 0.5) is 4.39 Å². The van der Waals surface area contributed by atoms with Crippen molar-refractivity contribution in [1.82, 2.24) is 15.5 Å². The molecule has 2 heterocycles. The molecule has 0 bridgehead atoms. The average Bonchev–Trinajstić information content (AvgIpc) is 3.25. The first kappa shape index (κ1) is 16.3. The molecule has 5 nitrogen and oxygen atoms in total. The normalized spacial score (nSPS) is 12.1. The van der Waals surface area contributed by atoms with E-state index in [1.54, 1.807) is 12.1 Å². The van der Waals surface area contributed by atoms with Crippen molar-refractivity contribution in [2.75, 3.05) is 0 Å². The zero-order chi connectivity index (χ0) is 16.9. The van der Waals surface area contributed by atoms with E-state index in [2.05, 4.69) is 15.5 Å². The number of carbonyl (C=O) groups excluding carboxylic acids is 1. The summed E-state index contributed by atoms with van der Waals surface area (Å²) in [5, 5.41) is 8.72. The minimum Gasteiger partial charge on any atom is -0.350 e. The van der Waals surface area contributed by atoms with Crippen molar-refractivity contribution in [3.05, 3.63) is 59.0 Å². The van der Waals surface area contributed by atoms with Gasteiger partial charge in [0.25, 0.3) is 0 Å². The van der Waals surface area contributed by atoms with Gasteiger partial charge in [0, 0.05) is 12.8 Å². The molecular formula is C17H16FN3O2S. The Hall–Kier alpha value is -2.54. The summed E-state index contributed by atoms with van der Waals surface area (Å²) in [7, 11) is 0. The molecule has 1 aromatic carbocycles. The molecule has 0 unspecified atom stereocenters. The van der Waals surface area contributed by atoms with Crippen LogP contribution >= 0.6 is 11.3 Å². The lowest BCUT2D eigenvalue weighted by molar-refractivity contribution is -0.121. The topological polar surface area (TPSA) is 68.0 Å². The van der Waals surface area contributed by atoms with Gasteiger partial charge >= 0.3 is 0 Å². The fraction of sp³-hybridized carbons (Fsp3) is 0.235. The first-order valence-corrected chi connectivity index (χ1v) is 8.41. The number of hydrogen-bond acceptors (Lipinski definition) is 5. The number of halogens is 1. The molecule has 1 N–H and O–H groups in total. The summed E-state index contributed by atoms with van der Waals surface area (Å²) < 4.78 is 18.1. The summed E-state index contributed by atoms with van der Waals surface area (Å²) >= 11 is 1.53. The van der Waals surface area contributed by atoms with Gasteiger partial charge in [-0.2, -0.15) is 4.98 Å². The van der Waals surface area contributed by atoms with Crippen LogP contribution in [0.2, 0.25) is 0 Å². The van der Waals surface area contributed by atoms with E-state index in [4.69, 9.17) is 4.52 Å². The molecule has 0 aliphatic carbocycles. The molecule has 0 radical (unpaired) electrons. The Kier molecular flexibility index (Phi) is 5.00. The second-order valence-electron chi connectivity index (χ2n) is 5.33. The second kappa shape index (κ2) is 7.35. The van der Waals surface area contributed by atoms with E-state index >= 15 is 0 Å². The molecule has 7 heteroatoms. The molecule has 3 rings (SSSR count). The molecule has 0 aliphatic rings. The molecular weight excluding hydrogens is 329 g/mol. The first-order valence-electron chi connectivity index (χ1n) is 7.53. The van der Waals surface area contributed by atoms with Crippen LogP contribution in [-0.4, -0.2) is 16.0 Å². The smallest absolute Gasteiger partial charge is 0.227 e. The highest BCUT2D eigenvalue weighted by atomic mass is 32.1. The molecule has 24 heavy (non-hydrogen) atoms. The fourth-order valence-corrected chi connectivity index (χ4v) is 2.88. The number of benzene rings is 1. The highest BCUT2D eigenvalue weighted by molar-refractivity contribution is 7.13. The van der Waals surface area contributed by atoms with Crippen molar-refractivity contribution >= 4 is 17.2 Å². The van der Waals surface area contributed by atoms with Crippen LogP contribution in [0, 0.1) is 5.82 Å². The third-order valence-electron chi connectivity index (χ3n) is 3.52. The fourth-order valence-electron chi connectivity index (χ4n) is 2.23. The lowest BCUT2D eigenvalue weighted by Crippen LogP contribution is -2.26. The van der Waals surface area contributed by atoms with Crippen LogP contribution in [0.3, 0.4) is 0 Å². The molecule has 1 atom stereocenters. The lowest BCUT2D eigenvalue weighted by Gasteiger charge is -2.13. The number of nitrogens with one attached hydrogen (secondary N) is 1. The molecule has 1 amide bonds. The Morgan fingerprint density at radius 3 is 2.83 bits per heavy atom. The van der Waals surface area contributed by atoms with Crippen LogP contribution in [-0.2, 0) is 11.2 Å². The van der Waals surface area contributed by atoms with E-state index in [-0.39, 0.29) is 24.2 Å². The van der Waals surface area contributed by atoms with Crippen molar-refractivity contribution in [2.45, 2.75) is 25.8 Å². The Morgan fingerprint density at radius 1 is 1.33 bits per heavy atom. The number of nitrogens with zero attached hydrogens (tertiary/aromatic N) is 2. The number of aryl methyl sites for hydroxylation is 1. The van der Waals surface area contributed by atoms with E-state index in [0.29, 0.717) is 18.1 Å². The maximum Gasteiger partial charge on any atom is 0.227 e. The van der Waals surface area contributed by atoms with E-state index in [9.17, 15) is 9.18 Å². The Balaban J connectivity index is 1.51. The van der Waals surface area contributed by atoms with Gasteiger partial charge in [-0.25, -0.2) is 4.39 Å². The average molecular weight is 345 g/mol. The number of aromatic nitrogens is 2. The van der Waals surface area contributed by atoms with Crippen LogP contribution < -0.4 is 5.32 Å². The van der Waals surface area contributed by atoms with E-state index < -0.39 is 0 Å². The number of thiophene rings is 1. The van der Waals surface area contributed by atoms with Gasteiger partial charge in [0.1, 0.15) is 5.82 Å². The van der Waals surface area contributed by atoms with Crippen molar-refractivity contribution in [1.29, 1.82) is 0 Å². The second-order valence-corrected chi connectivity index (χ2v) is 6.28. The summed E-state index contributed by atoms with van der Waals surface area (Å²) in [5.74, 6) is 0.556. The van der Waals surface area contributed by atoms with E-state index in [1.165, 1.54) is 23.5 Å². The zero-order valence-corrected chi connectivity index (χ0v) is 13.8. The Bertz CT molecular complexity index is 800. The molecule has 0 saturated heterocycles. The van der Waals surface area contributed by atoms with Gasteiger partial charge in [0.2, 0.25) is 17.6 Å². The summed E-state index contributed by atoms with van der Waals surface area (Å²) in [6.07, 6.45) is 0.623. The predicted molar refractivity (Wildman–Crippen MR) is 88.9 cm³/mol. The van der Waals surface area contributed by atoms with Gasteiger partial charge in [-0.3, -0.25) is 4.79 Å². The standard InChI is InChI=1S/C17H16FN3O2S/c1-11(12-4-6-13(18)7-5-12)19-15(22)8-9-16-20-17(21-23-16)14-3-2-10-24-14/h2-7,10-11H,8-9H2,1H3,(H,19,22)/t11-/m1/s1. The third-order valence-corrected chi connectivity index (χ3v) is 4.39. The number of rotatable bonds is 6. The maximum atomic E-state index is 12.9. The predicted octanol–water partition coefficient (Wildman–Crippen LogP) is 3.75. The minimum atomic E-state index is -0.296. The molecule has 0 aliphatic heterocycles. The third kappa shape index (κ3) is 4.05. The molecule has 124 valence electrons. The molecule has 0 saturated carbocycles. The van der Waals surface area contributed by atoms with Crippen molar-refractivity contribution in [3.8, 4) is 10.7 Å². The largest absolute Gasteiger partial charge is 0.350 e. The van der Waals surface area contributed by atoms with E-state index in [1.807, 2.05) is 24.4 Å². The first-order chi connectivity index (χ1) is 11.6. The minimum absolute atomic E-state index is 0.123. The summed E-state index contributed by atoms with van der Waals surface area (Å²) in [6.45, 7) is 1.85. The molecule has 0 fully saturated rings. The maximum absolute atomic E-state index is 12.9.